The van der Waals surface area contributed by atoms with Crippen molar-refractivity contribution in [2.45, 2.75) is 399 Å². The zero-order valence-corrected chi connectivity index (χ0v) is 75.8. The van der Waals surface area contributed by atoms with Gasteiger partial charge in [-0.25, -0.2) is 4.79 Å². The molecule has 11 fully saturated rings. The minimum Gasteiger partial charge on any atom is -0.479 e. The average Bonchev–Trinajstić information content (AvgIpc) is 1.18. The fraction of sp³-hybridized carbons (Fsp3) is 0.920. The number of hydrogen-bond acceptors (Lipinski definition) is 41. The standard InChI is InChI=1S/C87H143N3O41/c1-12-35(3)42(89-53(99)25-39(95)23-45(36(4)13-2)131-87(116)34-120-48(30-93)72(87)112)22-38(94)24-54(100)90-55-46(28-91)122-78(70(59(55)104)128-76-65(110)61(106)67(37(5)121-76)125-74-62(107)56(101)43(96)31-118-74)130-80(115)86-21-20-81(6,7)26-41(86)40-14-15-50-82(8)18-17-52(83(9,33-88-117)49(82)16-19-84(50,10)85(40,11)27-51(86)98)124-79-71(129-77-64(109)60(105)58(103)47(29-92)123-77)68(66(111)69(127-79)73(113)114)126-75-63(108)57(102)44(97)32-119-75/h14,33,35-39,41-52,55-72,74-79,91-98,101-112,116-117H,12-13,15-32,34H2,1-11H3,(H,89,99)(H,90,100)(H,113,114)/b88-33+/t35-,36-,37?,38-,39-,41?,42-,43+,44+,45-,46-,47?,48-,49+,50?,51?,52-,55?,56?,57-,58-,59?,60-,61?,62?,63?,64?,65?,66-,67-,68-,69?,70?,71?,72?,74-,75-,76-,77-,78-,79+,82?,83+,84?,85+,86+,87?/m0/s1. The van der Waals surface area contributed by atoms with Gasteiger partial charge in [-0.3, -0.25) is 14.4 Å². The van der Waals surface area contributed by atoms with Gasteiger partial charge in [0.25, 0.3) is 0 Å². The fourth-order valence-corrected chi connectivity index (χ4v) is 23.4. The van der Waals surface area contributed by atoms with E-state index in [-0.39, 0.29) is 49.9 Å². The lowest BCUT2D eigenvalue weighted by atomic mass is 9.33. The molecular formula is C87H143N3O41. The number of allylic oxidation sites excluding steroid dienone is 2. The molecule has 20 unspecified atom stereocenters. The summed E-state index contributed by atoms with van der Waals surface area (Å²) in [6.45, 7) is 16.6. The number of carboxylic acids is 1. The molecule has 44 heteroatoms. The van der Waals surface area contributed by atoms with E-state index in [1.54, 1.807) is 20.8 Å². The molecule has 7 heterocycles. The molecule has 0 aromatic rings. The smallest absolute Gasteiger partial charge is 0.335 e. The molecule has 0 aromatic carbocycles. The van der Waals surface area contributed by atoms with Crippen molar-refractivity contribution in [2.75, 3.05) is 39.6 Å². The molecule has 2 amide bonds. The zero-order valence-electron chi connectivity index (χ0n) is 75.8. The summed E-state index contributed by atoms with van der Waals surface area (Å²) in [5, 5.41) is 266. The number of hydrogen-bond donors (Lipinski definition) is 25. The van der Waals surface area contributed by atoms with Crippen LogP contribution in [0.1, 0.15) is 172 Å². The Balaban J connectivity index is 0.799. The summed E-state index contributed by atoms with van der Waals surface area (Å²) in [4.78, 5) is 57.7. The van der Waals surface area contributed by atoms with E-state index in [9.17, 15) is 132 Å². The molecule has 0 bridgehead atoms. The van der Waals surface area contributed by atoms with Crippen molar-refractivity contribution in [3.8, 4) is 0 Å². The summed E-state index contributed by atoms with van der Waals surface area (Å²) in [7, 11) is 0. The van der Waals surface area contributed by atoms with E-state index in [1.807, 2.05) is 27.7 Å². The average molecular weight is 1890 g/mol. The maximum atomic E-state index is 16.3. The number of nitrogens with one attached hydrogen (secondary N) is 2. The third-order valence-electron chi connectivity index (χ3n) is 31.9. The van der Waals surface area contributed by atoms with Gasteiger partial charge in [0.15, 0.2) is 43.7 Å². The van der Waals surface area contributed by atoms with Gasteiger partial charge in [-0.15, -0.1) is 5.16 Å². The number of amides is 2. The van der Waals surface area contributed by atoms with Crippen molar-refractivity contribution in [2.24, 2.45) is 67.2 Å². The van der Waals surface area contributed by atoms with E-state index in [2.05, 4.69) is 42.6 Å². The number of esters is 1. The van der Waals surface area contributed by atoms with Gasteiger partial charge in [-0.2, -0.15) is 0 Å². The Bertz CT molecular complexity index is 3880. The topological polar surface area (TPSA) is 699 Å². The Morgan fingerprint density at radius 3 is 1.75 bits per heavy atom. The van der Waals surface area contributed by atoms with Crippen LogP contribution in [0.25, 0.3) is 0 Å². The number of nitrogens with zero attached hydrogens (tertiary/aromatic N) is 1. The summed E-state index contributed by atoms with van der Waals surface area (Å²) in [6.07, 6.45) is -55.7. The van der Waals surface area contributed by atoms with Gasteiger partial charge in [-0.1, -0.05) is 93.7 Å². The Morgan fingerprint density at radius 2 is 1.15 bits per heavy atom. The van der Waals surface area contributed by atoms with E-state index >= 15 is 4.79 Å². The molecule has 7 saturated heterocycles. The molecule has 12 rings (SSSR count). The maximum absolute atomic E-state index is 16.3. The number of carbonyl (C=O) groups excluding carboxylic acids is 3. The molecule has 25 N–H and O–H groups in total. The van der Waals surface area contributed by atoms with Crippen molar-refractivity contribution in [1.82, 2.24) is 10.6 Å². The summed E-state index contributed by atoms with van der Waals surface area (Å²) in [5.74, 6) is -8.87. The summed E-state index contributed by atoms with van der Waals surface area (Å²) in [6, 6.07) is -2.55. The minimum atomic E-state index is -2.26. The highest BCUT2D eigenvalue weighted by Gasteiger charge is 2.73. The molecule has 0 spiro atoms. The first-order valence-electron chi connectivity index (χ1n) is 46.0. The number of aliphatic hydroxyl groups excluding tert-OH is 20. The molecule has 4 saturated carbocycles. The highest BCUT2D eigenvalue weighted by molar-refractivity contribution is 5.80. The zero-order chi connectivity index (χ0) is 96.3. The van der Waals surface area contributed by atoms with Crippen LogP contribution in [0.2, 0.25) is 0 Å². The van der Waals surface area contributed by atoms with E-state index in [4.69, 9.17) is 66.3 Å². The summed E-state index contributed by atoms with van der Waals surface area (Å²) < 4.78 is 84.8. The van der Waals surface area contributed by atoms with Crippen LogP contribution in [0.4, 0.5) is 0 Å². The van der Waals surface area contributed by atoms with Crippen LogP contribution in [0.5, 0.6) is 0 Å². The van der Waals surface area contributed by atoms with Crippen LogP contribution < -0.4 is 10.6 Å². The second-order valence-corrected chi connectivity index (χ2v) is 40.6. The predicted molar refractivity (Wildman–Crippen MR) is 441 cm³/mol. The lowest BCUT2D eigenvalue weighted by molar-refractivity contribution is -0.391. The Morgan fingerprint density at radius 1 is 0.573 bits per heavy atom. The third kappa shape index (κ3) is 20.6. The van der Waals surface area contributed by atoms with Crippen LogP contribution in [0.3, 0.4) is 0 Å². The first-order chi connectivity index (χ1) is 61.5. The van der Waals surface area contributed by atoms with Crippen molar-refractivity contribution >= 4 is 30.0 Å². The number of aliphatic hydroxyl groups is 21. The number of aliphatic carboxylic acids is 1. The van der Waals surface area contributed by atoms with Gasteiger partial charge in [0.2, 0.25) is 23.9 Å². The summed E-state index contributed by atoms with van der Waals surface area (Å²) >= 11 is 0. The van der Waals surface area contributed by atoms with Gasteiger partial charge in [0.05, 0.1) is 94.8 Å². The second-order valence-electron chi connectivity index (χ2n) is 40.6. The highest BCUT2D eigenvalue weighted by Crippen LogP contribution is 2.76. The molecule has 44 nitrogen and oxygen atoms in total. The van der Waals surface area contributed by atoms with Gasteiger partial charge < -0.3 is 195 Å². The molecule has 0 radical (unpaired) electrons. The molecule has 7 aliphatic heterocycles. The van der Waals surface area contributed by atoms with Gasteiger partial charge >= 0.3 is 11.9 Å². The van der Waals surface area contributed by atoms with Crippen LogP contribution >= 0.6 is 0 Å². The van der Waals surface area contributed by atoms with Crippen LogP contribution in [0, 0.1) is 62.1 Å². The molecular weight excluding hydrogens is 1740 g/mol. The molecule has 0 aromatic heterocycles. The minimum absolute atomic E-state index is 0.0103. The Hall–Kier alpha value is -4.27. The normalized spacial score (nSPS) is 47.9. The number of carboxylic acid groups (broad SMARTS) is 1. The number of ether oxygens (including phenoxy) is 14. The predicted octanol–water partition coefficient (Wildman–Crippen LogP) is -5.77. The molecule has 131 heavy (non-hydrogen) atoms. The largest absolute Gasteiger partial charge is 0.479 e. The first kappa shape index (κ1) is 106. The van der Waals surface area contributed by atoms with Crippen molar-refractivity contribution in [3.63, 3.8) is 0 Å². The highest BCUT2D eigenvalue weighted by atomic mass is 16.8. The number of rotatable bonds is 33. The SMILES string of the molecule is CC[C@H](C)[C@H](C[C@H](O)CC(=O)NC1C(O)C(O[C@@H]2OC(C)[C@H](O[C@@H]3OC[C@@H](O)C(O)C3O)C(O)C2O)[C@H](OC(=O)[C@]23CCC(C)(C)CC2C2=CCC4C5(C)CC[C@H](O[C@@H]6OC(C(=O)O)[C@@H](O)[C@H](O[C@@H]7OC[C@@H](O)[C@H](O)C7O)C6O[C@@H]6OC(CO)[C@H](O)[C@H](O)C6O)[C@](C)(/C=N/O)[C@@H]5CCC4(C)[C@]2(C)CC3O)O[C@H]1CO)NC(=O)C[C@@H](O)C[C@H](OC1(O)CO[C@@H](CO)C1O)[C@@H](C)CC. The van der Waals surface area contributed by atoms with Crippen LogP contribution in [-0.2, 0) is 85.5 Å². The summed E-state index contributed by atoms with van der Waals surface area (Å²) in [5.41, 5.74) is -5.31. The van der Waals surface area contributed by atoms with Crippen molar-refractivity contribution in [3.05, 3.63) is 11.6 Å². The fourth-order valence-electron chi connectivity index (χ4n) is 23.4. The molecule has 5 aliphatic carbocycles. The van der Waals surface area contributed by atoms with Crippen molar-refractivity contribution < 1.29 is 203 Å². The molecule has 47 atom stereocenters. The number of carbonyl (C=O) groups is 4. The van der Waals surface area contributed by atoms with Crippen LogP contribution in [-0.4, -0.2) is 414 Å². The lowest BCUT2D eigenvalue weighted by Crippen LogP contribution is -2.70. The second kappa shape index (κ2) is 42.0. The van der Waals surface area contributed by atoms with E-state index in [1.165, 1.54) is 13.1 Å². The monoisotopic (exact) mass is 1890 g/mol. The van der Waals surface area contributed by atoms with Gasteiger partial charge in [0.1, 0.15) is 134 Å². The van der Waals surface area contributed by atoms with E-state index in [0.717, 1.165) is 5.57 Å². The molecule has 752 valence electrons. The number of oxime groups is 1. The Labute approximate surface area is 758 Å². The maximum Gasteiger partial charge on any atom is 0.335 e. The lowest BCUT2D eigenvalue weighted by Gasteiger charge is -2.71. The quantitative estimate of drug-likeness (QED) is 0.00554. The van der Waals surface area contributed by atoms with Crippen LogP contribution in [0.15, 0.2) is 16.8 Å². The van der Waals surface area contributed by atoms with E-state index in [0.29, 0.717) is 51.4 Å². The third-order valence-corrected chi connectivity index (χ3v) is 31.9. The van der Waals surface area contributed by atoms with Crippen molar-refractivity contribution in [1.29, 1.82) is 0 Å². The Kier molecular flexibility index (Phi) is 33.9. The van der Waals surface area contributed by atoms with E-state index < -0.39 is 347 Å². The van der Waals surface area contributed by atoms with Gasteiger partial charge in [0, 0.05) is 17.9 Å². The van der Waals surface area contributed by atoms with Gasteiger partial charge in [-0.05, 0) is 122 Å². The number of fused-ring (bicyclic) bond motifs is 7. The first-order valence-corrected chi connectivity index (χ1v) is 46.0. The molecule has 12 aliphatic rings.